The molecule has 0 atom stereocenters. The topological polar surface area (TPSA) is 89.2 Å². The Morgan fingerprint density at radius 2 is 1.65 bits per heavy atom. The number of hydrogen-bond donors (Lipinski definition) is 1. The van der Waals surface area contributed by atoms with Crippen LogP contribution in [0.1, 0.15) is 5.82 Å². The van der Waals surface area contributed by atoms with Gasteiger partial charge in [-0.2, -0.15) is 9.67 Å². The van der Waals surface area contributed by atoms with E-state index in [1.165, 1.54) is 4.90 Å². The maximum atomic E-state index is 12.5. The molecule has 1 aliphatic heterocycles. The summed E-state index contributed by atoms with van der Waals surface area (Å²) < 4.78 is 2.01. The van der Waals surface area contributed by atoms with Gasteiger partial charge in [0, 0.05) is 11.4 Å². The van der Waals surface area contributed by atoms with E-state index in [0.29, 0.717) is 17.2 Å². The molecule has 2 heterocycles. The molecule has 0 spiro atoms. The van der Waals surface area contributed by atoms with Crippen molar-refractivity contribution in [3.05, 3.63) is 77.0 Å². The van der Waals surface area contributed by atoms with Crippen LogP contribution in [0.4, 0.5) is 16.2 Å². The Kier molecular flexibility index (Phi) is 3.85. The minimum atomic E-state index is -0.619. The van der Waals surface area contributed by atoms with Crippen molar-refractivity contribution in [3.63, 3.8) is 0 Å². The third-order valence-electron chi connectivity index (χ3n) is 4.05. The van der Waals surface area contributed by atoms with Gasteiger partial charge in [0.1, 0.15) is 6.54 Å². The van der Waals surface area contributed by atoms with E-state index in [1.807, 2.05) is 24.3 Å². The number of rotatable bonds is 4. The van der Waals surface area contributed by atoms with Crippen LogP contribution in [-0.2, 0) is 17.9 Å². The minimum Gasteiger partial charge on any atom is -0.324 e. The third-order valence-corrected chi connectivity index (χ3v) is 4.05. The van der Waals surface area contributed by atoms with Crippen LogP contribution in [0.2, 0.25) is 0 Å². The average molecular weight is 349 g/mol. The first-order chi connectivity index (χ1) is 12.6. The number of fused-ring (bicyclic) bond motifs is 1. The molecule has 0 radical (unpaired) electrons. The first kappa shape index (κ1) is 15.8. The number of nitrogens with one attached hydrogen (secondary N) is 1. The molecule has 0 bridgehead atoms. The summed E-state index contributed by atoms with van der Waals surface area (Å²) in [6, 6.07) is 17.5. The number of carbonyl (C=O) groups is 2. The molecule has 0 unspecified atom stereocenters. The number of aromatic nitrogens is 3. The highest BCUT2D eigenvalue weighted by Gasteiger charge is 2.33. The van der Waals surface area contributed by atoms with Crippen LogP contribution in [0, 0.1) is 0 Å². The SMILES string of the molecule is O=C(Cn1nc2n(c1=O)C(=O)N(c1ccccc1)C2)Nc1ccccc1. The molecule has 1 aliphatic rings. The number of nitrogens with zero attached hydrogens (tertiary/aromatic N) is 4. The van der Waals surface area contributed by atoms with Gasteiger partial charge in [-0.05, 0) is 24.3 Å². The zero-order valence-corrected chi connectivity index (χ0v) is 13.7. The fraction of sp³-hybridized carbons (Fsp3) is 0.111. The number of benzene rings is 2. The Balaban J connectivity index is 1.53. The van der Waals surface area contributed by atoms with Crippen LogP contribution >= 0.6 is 0 Å². The summed E-state index contributed by atoms with van der Waals surface area (Å²) in [5, 5.41) is 6.83. The Labute approximate surface area is 148 Å². The Morgan fingerprint density at radius 3 is 2.31 bits per heavy atom. The van der Waals surface area contributed by atoms with Crippen LogP contribution in [0.5, 0.6) is 0 Å². The van der Waals surface area contributed by atoms with Crippen molar-refractivity contribution < 1.29 is 9.59 Å². The van der Waals surface area contributed by atoms with E-state index in [0.717, 1.165) is 9.25 Å². The normalized spacial score (nSPS) is 12.9. The van der Waals surface area contributed by atoms with Crippen LogP contribution in [0.15, 0.2) is 65.5 Å². The van der Waals surface area contributed by atoms with E-state index >= 15 is 0 Å². The zero-order chi connectivity index (χ0) is 18.1. The van der Waals surface area contributed by atoms with Crippen LogP contribution in [0.25, 0.3) is 0 Å². The molecule has 130 valence electrons. The van der Waals surface area contributed by atoms with Gasteiger partial charge in [0.15, 0.2) is 5.82 Å². The lowest BCUT2D eigenvalue weighted by atomic mass is 10.3. The van der Waals surface area contributed by atoms with E-state index in [2.05, 4.69) is 10.4 Å². The van der Waals surface area contributed by atoms with Gasteiger partial charge >= 0.3 is 11.7 Å². The standard InChI is InChI=1S/C18H15N5O3/c24-16(19-13-7-3-1-4-8-13)12-22-18(26)23-15(20-22)11-21(17(23)25)14-9-5-2-6-10-14/h1-10H,11-12H2,(H,19,24). The predicted molar refractivity (Wildman–Crippen MR) is 95.0 cm³/mol. The molecule has 0 saturated heterocycles. The summed E-state index contributed by atoms with van der Waals surface area (Å²) in [6.07, 6.45) is 0. The van der Waals surface area contributed by atoms with E-state index in [4.69, 9.17) is 0 Å². The van der Waals surface area contributed by atoms with Gasteiger partial charge in [0.05, 0.1) is 6.54 Å². The van der Waals surface area contributed by atoms with Gasteiger partial charge < -0.3 is 5.32 Å². The molecule has 1 N–H and O–H groups in total. The molecule has 8 heteroatoms. The lowest BCUT2D eigenvalue weighted by Crippen LogP contribution is -2.36. The number of anilines is 2. The Morgan fingerprint density at radius 1 is 1.00 bits per heavy atom. The highest BCUT2D eigenvalue weighted by molar-refractivity contribution is 5.96. The molecule has 1 aromatic heterocycles. The first-order valence-corrected chi connectivity index (χ1v) is 8.04. The molecular weight excluding hydrogens is 334 g/mol. The van der Waals surface area contributed by atoms with Crippen molar-refractivity contribution in [1.82, 2.24) is 14.3 Å². The largest absolute Gasteiger partial charge is 0.354 e. The van der Waals surface area contributed by atoms with Gasteiger partial charge in [0.2, 0.25) is 5.91 Å². The van der Waals surface area contributed by atoms with Crippen molar-refractivity contribution in [2.75, 3.05) is 10.2 Å². The third kappa shape index (κ3) is 2.77. The minimum absolute atomic E-state index is 0.186. The monoisotopic (exact) mass is 349 g/mol. The second kappa shape index (κ2) is 6.32. The molecule has 0 fully saturated rings. The summed E-state index contributed by atoms with van der Waals surface area (Å²) in [6.45, 7) is -0.0717. The molecule has 26 heavy (non-hydrogen) atoms. The van der Waals surface area contributed by atoms with Crippen LogP contribution < -0.4 is 15.9 Å². The predicted octanol–water partition coefficient (Wildman–Crippen LogP) is 1.67. The van der Waals surface area contributed by atoms with Crippen LogP contribution in [0.3, 0.4) is 0 Å². The quantitative estimate of drug-likeness (QED) is 0.776. The lowest BCUT2D eigenvalue weighted by Gasteiger charge is -2.14. The van der Waals surface area contributed by atoms with E-state index < -0.39 is 11.7 Å². The van der Waals surface area contributed by atoms with Gasteiger partial charge in [-0.25, -0.2) is 14.3 Å². The Bertz CT molecular complexity index is 1020. The fourth-order valence-corrected chi connectivity index (χ4v) is 2.85. The maximum Gasteiger partial charge on any atom is 0.354 e. The second-order valence-corrected chi connectivity index (χ2v) is 5.81. The molecule has 8 nitrogen and oxygen atoms in total. The number of carbonyl (C=O) groups excluding carboxylic acids is 2. The van der Waals surface area contributed by atoms with Crippen molar-refractivity contribution >= 4 is 23.3 Å². The van der Waals surface area contributed by atoms with Crippen LogP contribution in [-0.4, -0.2) is 26.3 Å². The molecule has 4 rings (SSSR count). The average Bonchev–Trinajstić information content (AvgIpc) is 3.13. The molecule has 2 amide bonds. The summed E-state index contributed by atoms with van der Waals surface area (Å²) >= 11 is 0. The fourth-order valence-electron chi connectivity index (χ4n) is 2.85. The van der Waals surface area contributed by atoms with E-state index in [9.17, 15) is 14.4 Å². The van der Waals surface area contributed by atoms with Gasteiger partial charge in [-0.15, -0.1) is 0 Å². The summed E-state index contributed by atoms with van der Waals surface area (Å²) in [5.41, 5.74) is 0.700. The number of hydrogen-bond acceptors (Lipinski definition) is 4. The number of para-hydroxylation sites is 2. The Hall–Kier alpha value is -3.68. The van der Waals surface area contributed by atoms with Gasteiger partial charge in [-0.1, -0.05) is 36.4 Å². The molecule has 0 aliphatic carbocycles. The van der Waals surface area contributed by atoms with Crippen molar-refractivity contribution in [2.45, 2.75) is 13.1 Å². The lowest BCUT2D eigenvalue weighted by molar-refractivity contribution is -0.117. The number of amides is 2. The highest BCUT2D eigenvalue weighted by Crippen LogP contribution is 2.21. The van der Waals surface area contributed by atoms with Gasteiger partial charge in [0.25, 0.3) is 0 Å². The maximum absolute atomic E-state index is 12.5. The van der Waals surface area contributed by atoms with E-state index in [1.54, 1.807) is 36.4 Å². The second-order valence-electron chi connectivity index (χ2n) is 5.81. The first-order valence-electron chi connectivity index (χ1n) is 8.04. The van der Waals surface area contributed by atoms with E-state index in [-0.39, 0.29) is 19.0 Å². The van der Waals surface area contributed by atoms with Crippen molar-refractivity contribution in [2.24, 2.45) is 0 Å². The molecule has 3 aromatic rings. The summed E-state index contributed by atoms with van der Waals surface area (Å²) in [4.78, 5) is 38.6. The van der Waals surface area contributed by atoms with Crippen molar-refractivity contribution in [1.29, 1.82) is 0 Å². The smallest absolute Gasteiger partial charge is 0.324 e. The molecule has 0 saturated carbocycles. The molecule has 2 aromatic carbocycles. The zero-order valence-electron chi connectivity index (χ0n) is 13.7. The highest BCUT2D eigenvalue weighted by atomic mass is 16.2. The summed E-state index contributed by atoms with van der Waals surface area (Å²) in [5.74, 6) is -0.0706. The molecular formula is C18H15N5O3. The summed E-state index contributed by atoms with van der Waals surface area (Å²) in [7, 11) is 0. The van der Waals surface area contributed by atoms with Crippen molar-refractivity contribution in [3.8, 4) is 0 Å². The van der Waals surface area contributed by atoms with Gasteiger partial charge in [-0.3, -0.25) is 9.69 Å².